The number of aryl methyl sites for hydroxylation is 1. The lowest BCUT2D eigenvalue weighted by Gasteiger charge is -2.34. The van der Waals surface area contributed by atoms with Crippen LogP contribution in [0, 0.1) is 6.92 Å². The quantitative estimate of drug-likeness (QED) is 0.565. The van der Waals surface area contributed by atoms with Crippen LogP contribution in [0.25, 0.3) is 5.69 Å². The lowest BCUT2D eigenvalue weighted by molar-refractivity contribution is 0.0619. The van der Waals surface area contributed by atoms with Gasteiger partial charge in [0, 0.05) is 44.5 Å². The number of rotatable bonds is 5. The molecule has 172 valence electrons. The first kappa shape index (κ1) is 23.2. The zero-order valence-corrected chi connectivity index (χ0v) is 20.0. The SMILES string of the molecule is Cc1cc(=O)c(C(=O)N2CCN(Cc3ccc(C(C)C)cc3)CC2)nn1-c1ccccc1Cl. The Kier molecular flexibility index (Phi) is 6.96. The molecular weight excluding hydrogens is 436 g/mol. The third-order valence-corrected chi connectivity index (χ3v) is 6.42. The number of carbonyl (C=O) groups excluding carboxylic acids is 1. The van der Waals surface area contributed by atoms with Crippen molar-refractivity contribution >= 4 is 17.5 Å². The molecule has 0 unspecified atom stereocenters. The average molecular weight is 465 g/mol. The summed E-state index contributed by atoms with van der Waals surface area (Å²) >= 11 is 6.32. The van der Waals surface area contributed by atoms with Crippen LogP contribution in [0.3, 0.4) is 0 Å². The molecule has 1 saturated heterocycles. The van der Waals surface area contributed by atoms with Crippen LogP contribution in [0.4, 0.5) is 0 Å². The molecule has 1 aliphatic rings. The van der Waals surface area contributed by atoms with Gasteiger partial charge in [-0.15, -0.1) is 0 Å². The number of aromatic nitrogens is 2. The van der Waals surface area contributed by atoms with Crippen molar-refractivity contribution in [1.29, 1.82) is 0 Å². The van der Waals surface area contributed by atoms with E-state index in [1.165, 1.54) is 17.2 Å². The Morgan fingerprint density at radius 1 is 1.03 bits per heavy atom. The van der Waals surface area contributed by atoms with Gasteiger partial charge in [0.25, 0.3) is 5.91 Å². The van der Waals surface area contributed by atoms with Crippen LogP contribution in [0.5, 0.6) is 0 Å². The minimum absolute atomic E-state index is 0.0711. The van der Waals surface area contributed by atoms with Crippen molar-refractivity contribution in [2.75, 3.05) is 26.2 Å². The molecular formula is C26H29ClN4O2. The third-order valence-electron chi connectivity index (χ3n) is 6.10. The Bertz CT molecular complexity index is 1200. The molecule has 1 amide bonds. The maximum Gasteiger partial charge on any atom is 0.278 e. The van der Waals surface area contributed by atoms with Gasteiger partial charge in [-0.2, -0.15) is 5.10 Å². The van der Waals surface area contributed by atoms with Crippen LogP contribution >= 0.6 is 11.6 Å². The second kappa shape index (κ2) is 9.89. The van der Waals surface area contributed by atoms with Crippen LogP contribution in [-0.2, 0) is 6.54 Å². The highest BCUT2D eigenvalue weighted by molar-refractivity contribution is 6.32. The smallest absolute Gasteiger partial charge is 0.278 e. The Labute approximate surface area is 199 Å². The molecule has 2 aromatic carbocycles. The fraction of sp³-hybridized carbons (Fsp3) is 0.346. The van der Waals surface area contributed by atoms with Crippen molar-refractivity contribution < 1.29 is 4.79 Å². The number of nitrogens with zero attached hydrogens (tertiary/aromatic N) is 4. The van der Waals surface area contributed by atoms with E-state index < -0.39 is 0 Å². The van der Waals surface area contributed by atoms with Gasteiger partial charge in [-0.05, 0) is 36.1 Å². The summed E-state index contributed by atoms with van der Waals surface area (Å²) in [4.78, 5) is 29.8. The molecule has 0 spiro atoms. The van der Waals surface area contributed by atoms with Crippen molar-refractivity contribution in [2.24, 2.45) is 0 Å². The van der Waals surface area contributed by atoms with E-state index in [-0.39, 0.29) is 17.0 Å². The van der Waals surface area contributed by atoms with Crippen molar-refractivity contribution in [1.82, 2.24) is 19.6 Å². The van der Waals surface area contributed by atoms with Crippen molar-refractivity contribution in [3.05, 3.63) is 92.4 Å². The van der Waals surface area contributed by atoms with E-state index in [2.05, 4.69) is 48.1 Å². The average Bonchev–Trinajstić information content (AvgIpc) is 2.80. The third kappa shape index (κ3) is 5.18. The van der Waals surface area contributed by atoms with E-state index in [1.54, 1.807) is 22.6 Å². The first-order valence-corrected chi connectivity index (χ1v) is 11.7. The van der Waals surface area contributed by atoms with Gasteiger partial charge in [-0.1, -0.05) is 61.8 Å². The van der Waals surface area contributed by atoms with Gasteiger partial charge < -0.3 is 4.90 Å². The summed E-state index contributed by atoms with van der Waals surface area (Å²) in [5, 5.41) is 4.91. The van der Waals surface area contributed by atoms with Gasteiger partial charge in [0.2, 0.25) is 5.43 Å². The molecule has 0 radical (unpaired) electrons. The maximum absolute atomic E-state index is 13.2. The fourth-order valence-corrected chi connectivity index (χ4v) is 4.30. The molecule has 4 rings (SSSR count). The van der Waals surface area contributed by atoms with Crippen LogP contribution < -0.4 is 5.43 Å². The molecule has 0 atom stereocenters. The Morgan fingerprint density at radius 3 is 2.33 bits per heavy atom. The van der Waals surface area contributed by atoms with E-state index in [0.717, 1.165) is 19.6 Å². The molecule has 0 aliphatic carbocycles. The van der Waals surface area contributed by atoms with Gasteiger partial charge in [0.1, 0.15) is 0 Å². The zero-order chi connectivity index (χ0) is 23.5. The lowest BCUT2D eigenvalue weighted by Crippen LogP contribution is -2.49. The number of amides is 1. The molecule has 33 heavy (non-hydrogen) atoms. The first-order chi connectivity index (χ1) is 15.8. The number of hydrogen-bond donors (Lipinski definition) is 0. The second-order valence-electron chi connectivity index (χ2n) is 8.83. The Balaban J connectivity index is 1.45. The zero-order valence-electron chi connectivity index (χ0n) is 19.3. The first-order valence-electron chi connectivity index (χ1n) is 11.3. The van der Waals surface area contributed by atoms with E-state index >= 15 is 0 Å². The van der Waals surface area contributed by atoms with Crippen LogP contribution in [0.1, 0.15) is 47.1 Å². The molecule has 1 fully saturated rings. The number of benzene rings is 2. The molecule has 1 aliphatic heterocycles. The highest BCUT2D eigenvalue weighted by Crippen LogP contribution is 2.20. The molecule has 6 nitrogen and oxygen atoms in total. The minimum atomic E-state index is -0.367. The summed E-state index contributed by atoms with van der Waals surface area (Å²) in [7, 11) is 0. The largest absolute Gasteiger partial charge is 0.335 e. The number of carbonyl (C=O) groups is 1. The minimum Gasteiger partial charge on any atom is -0.335 e. The summed E-state index contributed by atoms with van der Waals surface area (Å²) < 4.78 is 1.56. The summed E-state index contributed by atoms with van der Waals surface area (Å²) in [6.45, 7) is 9.63. The maximum atomic E-state index is 13.2. The van der Waals surface area contributed by atoms with E-state index in [9.17, 15) is 9.59 Å². The fourth-order valence-electron chi connectivity index (χ4n) is 4.09. The summed E-state index contributed by atoms with van der Waals surface area (Å²) in [5.74, 6) is 0.188. The van der Waals surface area contributed by atoms with Crippen molar-refractivity contribution in [2.45, 2.75) is 33.2 Å². The number of hydrogen-bond acceptors (Lipinski definition) is 4. The van der Waals surface area contributed by atoms with Crippen LogP contribution in [0.2, 0.25) is 5.02 Å². The topological polar surface area (TPSA) is 58.4 Å². The van der Waals surface area contributed by atoms with Crippen LogP contribution in [0.15, 0.2) is 59.4 Å². The Morgan fingerprint density at radius 2 is 1.70 bits per heavy atom. The monoisotopic (exact) mass is 464 g/mol. The highest BCUT2D eigenvalue weighted by Gasteiger charge is 2.26. The predicted octanol–water partition coefficient (Wildman–Crippen LogP) is 4.28. The molecule has 0 saturated carbocycles. The van der Waals surface area contributed by atoms with E-state index in [1.807, 2.05) is 18.2 Å². The molecule has 1 aromatic heterocycles. The number of para-hydroxylation sites is 1. The summed E-state index contributed by atoms with van der Waals surface area (Å²) in [6, 6.07) is 17.4. The summed E-state index contributed by atoms with van der Waals surface area (Å²) in [6.07, 6.45) is 0. The normalized spacial score (nSPS) is 14.6. The highest BCUT2D eigenvalue weighted by atomic mass is 35.5. The predicted molar refractivity (Wildman–Crippen MR) is 131 cm³/mol. The summed E-state index contributed by atoms with van der Waals surface area (Å²) in [5.41, 5.74) is 3.42. The van der Waals surface area contributed by atoms with Gasteiger partial charge in [-0.3, -0.25) is 14.5 Å². The molecule has 7 heteroatoms. The molecule has 3 aromatic rings. The second-order valence-corrected chi connectivity index (χ2v) is 9.23. The lowest BCUT2D eigenvalue weighted by atomic mass is 10.0. The van der Waals surface area contributed by atoms with Gasteiger partial charge in [0.15, 0.2) is 5.69 Å². The van der Waals surface area contributed by atoms with E-state index in [4.69, 9.17) is 11.6 Å². The molecule has 2 heterocycles. The van der Waals surface area contributed by atoms with E-state index in [0.29, 0.717) is 35.4 Å². The number of piperazine rings is 1. The standard InChI is InChI=1S/C26H29ClN4O2/c1-18(2)21-10-8-20(9-11-21)17-29-12-14-30(15-13-29)26(33)25-24(32)16-19(3)31(28-25)23-7-5-4-6-22(23)27/h4-11,16,18H,12-15,17H2,1-3H3. The molecule has 0 N–H and O–H groups in total. The van der Waals surface area contributed by atoms with Crippen molar-refractivity contribution in [3.63, 3.8) is 0 Å². The van der Waals surface area contributed by atoms with Crippen molar-refractivity contribution in [3.8, 4) is 5.69 Å². The Hall–Kier alpha value is -2.96. The van der Waals surface area contributed by atoms with Gasteiger partial charge in [0.05, 0.1) is 10.7 Å². The van der Waals surface area contributed by atoms with Crippen LogP contribution in [-0.4, -0.2) is 51.7 Å². The van der Waals surface area contributed by atoms with Gasteiger partial charge in [-0.25, -0.2) is 4.68 Å². The van der Waals surface area contributed by atoms with Gasteiger partial charge >= 0.3 is 0 Å². The molecule has 0 bridgehead atoms. The number of halogens is 1.